The van der Waals surface area contributed by atoms with Crippen LogP contribution in [-0.4, -0.2) is 50.9 Å². The van der Waals surface area contributed by atoms with Gasteiger partial charge in [-0.15, -0.1) is 0 Å². The van der Waals surface area contributed by atoms with Crippen LogP contribution in [0.5, 0.6) is 0 Å². The quantitative estimate of drug-likeness (QED) is 0.100. The molecule has 41 heavy (non-hydrogen) atoms. The number of rotatable bonds is 8. The highest BCUT2D eigenvalue weighted by Gasteiger charge is 2.18. The molecule has 0 unspecified atom stereocenters. The Morgan fingerprint density at radius 3 is 1.44 bits per heavy atom. The Morgan fingerprint density at radius 2 is 1.05 bits per heavy atom. The maximum absolute atomic E-state index is 12.2. The number of benzene rings is 2. The van der Waals surface area contributed by atoms with Crippen LogP contribution in [0.2, 0.25) is 20.9 Å². The van der Waals surface area contributed by atoms with E-state index < -0.39 is 30.0 Å². The normalized spacial score (nSPS) is 12.1. The van der Waals surface area contributed by atoms with E-state index in [-0.39, 0.29) is 55.3 Å². The van der Waals surface area contributed by atoms with Gasteiger partial charge < -0.3 is 10.6 Å². The Morgan fingerprint density at radius 1 is 0.659 bits per heavy atom. The minimum Gasteiger partial charge on any atom is -0.324 e. The van der Waals surface area contributed by atoms with E-state index in [0.29, 0.717) is 5.56 Å². The SMILES string of the molecule is Cc1c(Cl)nc(Nc2ccc(C=Cc3ccc(Nc4nc(Cl)nc(Cl)n4)cc3S(=O)(=O)O)c(S(=O)(=O)O)c2)nc1Cl. The predicted molar refractivity (Wildman–Crippen MR) is 155 cm³/mol. The van der Waals surface area contributed by atoms with Crippen LogP contribution in [0, 0.1) is 6.92 Å². The molecular weight excluding hydrogens is 664 g/mol. The summed E-state index contributed by atoms with van der Waals surface area (Å²) in [5.74, 6) is -0.116. The van der Waals surface area contributed by atoms with E-state index >= 15 is 0 Å². The Balaban J connectivity index is 1.69. The van der Waals surface area contributed by atoms with Gasteiger partial charge in [0.15, 0.2) is 0 Å². The van der Waals surface area contributed by atoms with Crippen molar-refractivity contribution in [2.24, 2.45) is 0 Å². The largest absolute Gasteiger partial charge is 0.324 e. The Hall–Kier alpha value is -3.15. The zero-order valence-corrected chi connectivity index (χ0v) is 24.9. The molecule has 0 aliphatic carbocycles. The monoisotopic (exact) mass is 677 g/mol. The third-order valence-electron chi connectivity index (χ3n) is 5.15. The molecule has 0 bridgehead atoms. The second-order valence-electron chi connectivity index (χ2n) is 7.99. The lowest BCUT2D eigenvalue weighted by molar-refractivity contribution is 0.480. The van der Waals surface area contributed by atoms with Crippen molar-refractivity contribution in [3.8, 4) is 0 Å². The van der Waals surface area contributed by atoms with Gasteiger partial charge in [-0.1, -0.05) is 47.5 Å². The number of aromatic nitrogens is 5. The van der Waals surface area contributed by atoms with Gasteiger partial charge in [0, 0.05) is 16.9 Å². The molecule has 0 fully saturated rings. The van der Waals surface area contributed by atoms with Gasteiger partial charge in [0.1, 0.15) is 20.1 Å². The minimum absolute atomic E-state index is 0.0168. The fourth-order valence-electron chi connectivity index (χ4n) is 3.29. The highest BCUT2D eigenvalue weighted by atomic mass is 35.5. The molecule has 4 rings (SSSR count). The van der Waals surface area contributed by atoms with Crippen LogP contribution in [0.25, 0.3) is 12.2 Å². The van der Waals surface area contributed by atoms with Crippen molar-refractivity contribution in [1.29, 1.82) is 0 Å². The lowest BCUT2D eigenvalue weighted by Gasteiger charge is -2.11. The van der Waals surface area contributed by atoms with Crippen LogP contribution in [0.3, 0.4) is 0 Å². The second-order valence-corrected chi connectivity index (χ2v) is 12.2. The average molecular weight is 679 g/mol. The van der Waals surface area contributed by atoms with Crippen LogP contribution in [0.15, 0.2) is 46.2 Å². The van der Waals surface area contributed by atoms with Gasteiger partial charge in [0.05, 0.1) is 0 Å². The van der Waals surface area contributed by atoms with Gasteiger partial charge in [0.25, 0.3) is 20.2 Å². The highest BCUT2D eigenvalue weighted by molar-refractivity contribution is 7.86. The standard InChI is InChI=1S/C22H15Cl4N7O6S2/c1-10-17(23)29-21(30-18(10)24)27-13-6-4-11(15(8-13)40(34,35)36)2-3-12-5-7-14(9-16(12)41(37,38)39)28-22-32-19(25)31-20(26)33-22/h2-9H,1H3,(H,27,29,30)(H,34,35,36)(H,37,38,39)(H,28,31,32,33). The van der Waals surface area contributed by atoms with E-state index in [1.54, 1.807) is 6.92 Å². The van der Waals surface area contributed by atoms with Crippen molar-refractivity contribution in [3.63, 3.8) is 0 Å². The molecule has 0 amide bonds. The first kappa shape index (κ1) is 30.8. The fourth-order valence-corrected chi connectivity index (χ4v) is 5.46. The molecule has 0 radical (unpaired) electrons. The first-order valence-corrected chi connectivity index (χ1v) is 15.2. The molecule has 0 atom stereocenters. The number of hydrogen-bond donors (Lipinski definition) is 4. The molecule has 214 valence electrons. The van der Waals surface area contributed by atoms with E-state index in [1.807, 2.05) is 0 Å². The van der Waals surface area contributed by atoms with Crippen LogP contribution < -0.4 is 10.6 Å². The van der Waals surface area contributed by atoms with Gasteiger partial charge >= 0.3 is 0 Å². The number of nitrogens with one attached hydrogen (secondary N) is 2. The Bertz CT molecular complexity index is 1880. The minimum atomic E-state index is -4.77. The van der Waals surface area contributed by atoms with Crippen LogP contribution in [-0.2, 0) is 20.2 Å². The first-order chi connectivity index (χ1) is 19.1. The maximum Gasteiger partial charge on any atom is 0.295 e. The van der Waals surface area contributed by atoms with Crippen molar-refractivity contribution < 1.29 is 25.9 Å². The van der Waals surface area contributed by atoms with Crippen molar-refractivity contribution in [1.82, 2.24) is 24.9 Å². The third-order valence-corrected chi connectivity index (χ3v) is 8.04. The Kier molecular flexibility index (Phi) is 9.01. The zero-order valence-electron chi connectivity index (χ0n) is 20.2. The smallest absolute Gasteiger partial charge is 0.295 e. The van der Waals surface area contributed by atoms with Crippen molar-refractivity contribution in [3.05, 3.63) is 74.0 Å². The lowest BCUT2D eigenvalue weighted by atomic mass is 10.1. The van der Waals surface area contributed by atoms with Crippen molar-refractivity contribution in [2.75, 3.05) is 10.6 Å². The average Bonchev–Trinajstić information content (AvgIpc) is 2.85. The molecule has 2 aromatic heterocycles. The van der Waals surface area contributed by atoms with Gasteiger partial charge in [-0.25, -0.2) is 9.97 Å². The molecule has 19 heteroatoms. The van der Waals surface area contributed by atoms with Gasteiger partial charge in [-0.2, -0.15) is 31.8 Å². The van der Waals surface area contributed by atoms with Crippen LogP contribution >= 0.6 is 46.4 Å². The van der Waals surface area contributed by atoms with Gasteiger partial charge in [0.2, 0.25) is 22.5 Å². The van der Waals surface area contributed by atoms with E-state index in [1.165, 1.54) is 36.4 Å². The molecule has 0 saturated carbocycles. The molecule has 0 spiro atoms. The van der Waals surface area contributed by atoms with Crippen LogP contribution in [0.1, 0.15) is 16.7 Å². The first-order valence-electron chi connectivity index (χ1n) is 10.8. The zero-order chi connectivity index (χ0) is 30.1. The summed E-state index contributed by atoms with van der Waals surface area (Å²) in [6, 6.07) is 7.70. The van der Waals surface area contributed by atoms with E-state index in [9.17, 15) is 25.9 Å². The molecule has 4 N–H and O–H groups in total. The number of anilines is 4. The summed E-state index contributed by atoms with van der Waals surface area (Å²) in [4.78, 5) is 18.2. The van der Waals surface area contributed by atoms with Gasteiger partial charge in [-0.05, 0) is 65.5 Å². The number of nitrogens with zero attached hydrogens (tertiary/aromatic N) is 5. The topological polar surface area (TPSA) is 197 Å². The van der Waals surface area contributed by atoms with Crippen LogP contribution in [0.4, 0.5) is 23.3 Å². The molecule has 0 saturated heterocycles. The summed E-state index contributed by atoms with van der Waals surface area (Å²) in [5.41, 5.74) is 0.715. The molecule has 13 nitrogen and oxygen atoms in total. The summed E-state index contributed by atoms with van der Waals surface area (Å²) >= 11 is 23.5. The summed E-state index contributed by atoms with van der Waals surface area (Å²) in [7, 11) is -9.53. The molecule has 2 aromatic carbocycles. The predicted octanol–water partition coefficient (Wildman–Crippen LogP) is 5.73. The molecular formula is C22H15Cl4N7O6S2. The van der Waals surface area contributed by atoms with E-state index in [2.05, 4.69) is 35.6 Å². The summed E-state index contributed by atoms with van der Waals surface area (Å²) in [5, 5.41) is 5.18. The summed E-state index contributed by atoms with van der Waals surface area (Å²) in [6.07, 6.45) is 2.45. The van der Waals surface area contributed by atoms with Crippen molar-refractivity contribution >= 4 is 102 Å². The van der Waals surface area contributed by atoms with Crippen molar-refractivity contribution in [2.45, 2.75) is 16.7 Å². The summed E-state index contributed by atoms with van der Waals surface area (Å²) in [6.45, 7) is 1.62. The lowest BCUT2D eigenvalue weighted by Crippen LogP contribution is -2.05. The van der Waals surface area contributed by atoms with E-state index in [4.69, 9.17) is 46.4 Å². The number of halogens is 4. The van der Waals surface area contributed by atoms with Gasteiger partial charge in [-0.3, -0.25) is 9.11 Å². The molecule has 0 aliphatic heterocycles. The Labute approximate surface area is 253 Å². The maximum atomic E-state index is 12.2. The molecule has 0 aliphatic rings. The number of hydrogen-bond acceptors (Lipinski definition) is 11. The third kappa shape index (κ3) is 7.78. The second kappa shape index (κ2) is 12.0. The molecule has 4 aromatic rings. The highest BCUT2D eigenvalue weighted by Crippen LogP contribution is 2.29. The van der Waals surface area contributed by atoms with E-state index in [0.717, 1.165) is 12.1 Å². The fraction of sp³-hybridized carbons (Fsp3) is 0.0455. The molecule has 2 heterocycles. The summed E-state index contributed by atoms with van der Waals surface area (Å²) < 4.78 is 68.2.